The van der Waals surface area contributed by atoms with Crippen molar-refractivity contribution >= 4 is 28.0 Å². The van der Waals surface area contributed by atoms with Crippen molar-refractivity contribution in [3.63, 3.8) is 0 Å². The number of esters is 1. The summed E-state index contributed by atoms with van der Waals surface area (Å²) in [5, 5.41) is 13.3. The summed E-state index contributed by atoms with van der Waals surface area (Å²) in [6.07, 6.45) is 3.34. The Hall–Kier alpha value is -2.85. The second-order valence-corrected chi connectivity index (χ2v) is 6.32. The predicted octanol–water partition coefficient (Wildman–Crippen LogP) is 2.99. The van der Waals surface area contributed by atoms with Crippen LogP contribution in [0, 0.1) is 11.3 Å². The lowest BCUT2D eigenvalue weighted by Crippen LogP contribution is -2.24. The van der Waals surface area contributed by atoms with Gasteiger partial charge in [0, 0.05) is 29.6 Å². The Labute approximate surface area is 143 Å². The minimum Gasteiger partial charge on any atom is -0.463 e. The molecule has 0 bridgehead atoms. The first kappa shape index (κ1) is 16.0. The van der Waals surface area contributed by atoms with Crippen molar-refractivity contribution in [1.82, 2.24) is 4.98 Å². The van der Waals surface area contributed by atoms with Crippen LogP contribution in [0.1, 0.15) is 35.8 Å². The average Bonchev–Trinajstić information content (AvgIpc) is 2.90. The number of hydrogen-bond acceptors (Lipinski definition) is 7. The highest BCUT2D eigenvalue weighted by molar-refractivity contribution is 7.17. The fourth-order valence-corrected chi connectivity index (χ4v) is 3.90. The molecule has 122 valence electrons. The van der Waals surface area contributed by atoms with E-state index in [0.717, 1.165) is 16.1 Å². The normalized spacial score (nSPS) is 16.1. The Morgan fingerprint density at radius 3 is 2.83 bits per heavy atom. The Bertz CT molecular complexity index is 865. The van der Waals surface area contributed by atoms with E-state index in [-0.39, 0.29) is 18.5 Å². The van der Waals surface area contributed by atoms with Gasteiger partial charge in [-0.3, -0.25) is 4.98 Å². The Kier molecular flexibility index (Phi) is 4.23. The molecular weight excluding hydrogens is 324 g/mol. The van der Waals surface area contributed by atoms with Crippen molar-refractivity contribution in [3.8, 4) is 6.07 Å². The first-order chi connectivity index (χ1) is 11.6. The number of nitrogens with one attached hydrogen (secondary N) is 1. The number of anilines is 2. The summed E-state index contributed by atoms with van der Waals surface area (Å²) >= 11 is 1.29. The van der Waals surface area contributed by atoms with E-state index in [0.29, 0.717) is 21.8 Å². The molecule has 3 heterocycles. The molecule has 3 rings (SSSR count). The van der Waals surface area contributed by atoms with E-state index >= 15 is 0 Å². The molecule has 1 unspecified atom stereocenters. The van der Waals surface area contributed by atoms with Crippen LogP contribution >= 0.6 is 11.3 Å². The summed E-state index contributed by atoms with van der Waals surface area (Å²) in [4.78, 5) is 17.0. The van der Waals surface area contributed by atoms with Gasteiger partial charge in [0.25, 0.3) is 0 Å². The lowest BCUT2D eigenvalue weighted by atomic mass is 9.82. The number of rotatable bonds is 3. The van der Waals surface area contributed by atoms with Gasteiger partial charge in [-0.25, -0.2) is 4.79 Å². The van der Waals surface area contributed by atoms with E-state index in [1.54, 1.807) is 19.3 Å². The van der Waals surface area contributed by atoms with Crippen molar-refractivity contribution in [2.45, 2.75) is 19.8 Å². The number of nitrogens with two attached hydrogens (primary N) is 1. The molecule has 2 aromatic rings. The Morgan fingerprint density at radius 2 is 2.21 bits per heavy atom. The van der Waals surface area contributed by atoms with Crippen LogP contribution in [-0.2, 0) is 9.53 Å². The van der Waals surface area contributed by atoms with Crippen molar-refractivity contribution in [1.29, 1.82) is 5.26 Å². The van der Waals surface area contributed by atoms with Crippen molar-refractivity contribution in [3.05, 3.63) is 51.8 Å². The summed E-state index contributed by atoms with van der Waals surface area (Å²) in [5.41, 5.74) is 9.44. The molecule has 24 heavy (non-hydrogen) atoms. The first-order valence-electron chi connectivity index (χ1n) is 7.45. The number of fused-ring (bicyclic) bond motifs is 1. The van der Waals surface area contributed by atoms with Crippen LogP contribution in [0.5, 0.6) is 0 Å². The zero-order valence-electron chi connectivity index (χ0n) is 13.3. The lowest BCUT2D eigenvalue weighted by Gasteiger charge is -2.28. The number of nitrogen functional groups attached to an aromatic ring is 1. The highest BCUT2D eigenvalue weighted by atomic mass is 32.1. The maximum Gasteiger partial charge on any atom is 0.336 e. The van der Waals surface area contributed by atoms with Crippen LogP contribution in [0.3, 0.4) is 0 Å². The van der Waals surface area contributed by atoms with E-state index in [1.807, 2.05) is 19.1 Å². The number of allylic oxidation sites excluding steroid dienone is 1. The van der Waals surface area contributed by atoms with Gasteiger partial charge in [-0.2, -0.15) is 5.26 Å². The molecule has 0 fully saturated rings. The monoisotopic (exact) mass is 340 g/mol. The number of nitriles is 1. The van der Waals surface area contributed by atoms with Crippen LogP contribution < -0.4 is 11.1 Å². The zero-order valence-corrected chi connectivity index (χ0v) is 14.1. The topological polar surface area (TPSA) is 101 Å². The summed E-state index contributed by atoms with van der Waals surface area (Å²) in [7, 11) is 0. The highest BCUT2D eigenvalue weighted by Crippen LogP contribution is 2.49. The van der Waals surface area contributed by atoms with Crippen molar-refractivity contribution in [2.75, 3.05) is 17.7 Å². The fraction of sp³-hybridized carbons (Fsp3) is 0.235. The van der Waals surface area contributed by atoms with Gasteiger partial charge in [0.1, 0.15) is 15.9 Å². The van der Waals surface area contributed by atoms with Gasteiger partial charge in [0.05, 0.1) is 17.9 Å². The smallest absolute Gasteiger partial charge is 0.336 e. The molecule has 0 aliphatic carbocycles. The van der Waals surface area contributed by atoms with E-state index in [1.165, 1.54) is 11.3 Å². The third kappa shape index (κ3) is 2.51. The molecule has 1 atom stereocenters. The number of thiophene rings is 1. The molecule has 6 nitrogen and oxygen atoms in total. The van der Waals surface area contributed by atoms with Crippen LogP contribution in [0.25, 0.3) is 0 Å². The Morgan fingerprint density at radius 1 is 1.50 bits per heavy atom. The summed E-state index contributed by atoms with van der Waals surface area (Å²) in [5.74, 6) is -0.777. The molecule has 0 aromatic carbocycles. The molecular formula is C17H16N4O2S. The van der Waals surface area contributed by atoms with Gasteiger partial charge in [-0.1, -0.05) is 0 Å². The molecule has 0 amide bonds. The average molecular weight is 340 g/mol. The van der Waals surface area contributed by atoms with E-state index in [2.05, 4.69) is 16.4 Å². The molecule has 0 saturated heterocycles. The fourth-order valence-electron chi connectivity index (χ4n) is 2.89. The molecule has 1 aliphatic heterocycles. The maximum atomic E-state index is 12.6. The van der Waals surface area contributed by atoms with Crippen molar-refractivity contribution in [2.24, 2.45) is 0 Å². The minimum atomic E-state index is -0.390. The number of pyridine rings is 1. The van der Waals surface area contributed by atoms with Crippen LogP contribution in [0.2, 0.25) is 0 Å². The van der Waals surface area contributed by atoms with E-state index in [4.69, 9.17) is 10.5 Å². The first-order valence-corrected chi connectivity index (χ1v) is 8.27. The number of hydrogen-bond donors (Lipinski definition) is 2. The van der Waals surface area contributed by atoms with Gasteiger partial charge in [0.15, 0.2) is 0 Å². The van der Waals surface area contributed by atoms with Gasteiger partial charge >= 0.3 is 5.97 Å². The van der Waals surface area contributed by atoms with Crippen LogP contribution in [0.4, 0.5) is 10.7 Å². The minimum absolute atomic E-state index is 0.286. The summed E-state index contributed by atoms with van der Waals surface area (Å²) in [6.45, 7) is 3.88. The molecule has 7 heteroatoms. The number of aromatic nitrogens is 1. The highest BCUT2D eigenvalue weighted by Gasteiger charge is 2.36. The molecule has 2 aromatic heterocycles. The molecule has 3 N–H and O–H groups in total. The maximum absolute atomic E-state index is 12.6. The third-order valence-corrected chi connectivity index (χ3v) is 4.94. The second kappa shape index (κ2) is 6.34. The molecule has 0 spiro atoms. The largest absolute Gasteiger partial charge is 0.463 e. The lowest BCUT2D eigenvalue weighted by molar-refractivity contribution is -0.138. The summed E-state index contributed by atoms with van der Waals surface area (Å²) < 4.78 is 5.24. The third-order valence-electron chi connectivity index (χ3n) is 3.90. The molecule has 0 radical (unpaired) electrons. The van der Waals surface area contributed by atoms with Gasteiger partial charge < -0.3 is 15.8 Å². The van der Waals surface area contributed by atoms with Gasteiger partial charge in [-0.15, -0.1) is 11.3 Å². The van der Waals surface area contributed by atoms with E-state index in [9.17, 15) is 10.1 Å². The van der Waals surface area contributed by atoms with Crippen LogP contribution in [-0.4, -0.2) is 17.6 Å². The zero-order chi connectivity index (χ0) is 17.3. The standard InChI is InChI=1S/C17H16N4O2S/c1-3-23-17(22)12-9(2)21-16-14(15(19)11(8-18)24-16)13(12)10-4-6-20-7-5-10/h4-7,13,21H,3,19H2,1-2H3. The Balaban J connectivity index is 2.24. The quantitative estimate of drug-likeness (QED) is 0.833. The molecule has 1 aliphatic rings. The number of nitrogens with zero attached hydrogens (tertiary/aromatic N) is 2. The predicted molar refractivity (Wildman–Crippen MR) is 92.5 cm³/mol. The SMILES string of the molecule is CCOC(=O)C1=C(C)Nc2sc(C#N)c(N)c2C1c1ccncc1. The summed E-state index contributed by atoms with van der Waals surface area (Å²) in [6, 6.07) is 5.80. The van der Waals surface area contributed by atoms with E-state index < -0.39 is 0 Å². The van der Waals surface area contributed by atoms with Crippen molar-refractivity contribution < 1.29 is 9.53 Å². The van der Waals surface area contributed by atoms with Gasteiger partial charge in [0.2, 0.25) is 0 Å². The number of carbonyl (C=O) groups is 1. The molecule has 0 saturated carbocycles. The second-order valence-electron chi connectivity index (χ2n) is 5.30. The number of ether oxygens (including phenoxy) is 1. The van der Waals surface area contributed by atoms with Crippen LogP contribution in [0.15, 0.2) is 35.8 Å². The number of carbonyl (C=O) groups excluding carboxylic acids is 1. The van der Waals surface area contributed by atoms with Gasteiger partial charge in [-0.05, 0) is 31.5 Å².